The highest BCUT2D eigenvalue weighted by molar-refractivity contribution is 6.35. The lowest BCUT2D eigenvalue weighted by Crippen LogP contribution is -2.39. The molecule has 0 saturated heterocycles. The lowest BCUT2D eigenvalue weighted by molar-refractivity contribution is 0.0732. The van der Waals surface area contributed by atoms with Crippen LogP contribution in [0.3, 0.4) is 0 Å². The molecule has 0 radical (unpaired) electrons. The quantitative estimate of drug-likeness (QED) is 0.869. The first-order valence-electron chi connectivity index (χ1n) is 6.78. The highest BCUT2D eigenvalue weighted by atomic mass is 35.5. The predicted octanol–water partition coefficient (Wildman–Crippen LogP) is 2.58. The standard InChI is InChI=1S/C15H13Cl2N3O2/c1-8-18-13-2-3-20(7-12(13)14(21)19-8)15(22)9-4-10(16)6-11(17)5-9/h4-6H,2-3,7H2,1H3,(H,18,19,21). The molecule has 114 valence electrons. The number of amides is 1. The number of benzene rings is 1. The van der Waals surface area contributed by atoms with Crippen molar-refractivity contribution in [1.29, 1.82) is 0 Å². The number of aromatic nitrogens is 2. The Kier molecular flexibility index (Phi) is 3.93. The molecule has 1 aromatic heterocycles. The van der Waals surface area contributed by atoms with Crippen LogP contribution in [-0.2, 0) is 13.0 Å². The lowest BCUT2D eigenvalue weighted by Gasteiger charge is -2.28. The van der Waals surface area contributed by atoms with E-state index in [0.29, 0.717) is 40.0 Å². The third kappa shape index (κ3) is 2.87. The van der Waals surface area contributed by atoms with Crippen LogP contribution in [0, 0.1) is 6.92 Å². The number of halogens is 2. The average molecular weight is 338 g/mol. The van der Waals surface area contributed by atoms with Crippen molar-refractivity contribution >= 4 is 29.1 Å². The molecule has 0 fully saturated rings. The van der Waals surface area contributed by atoms with E-state index in [1.807, 2.05) is 0 Å². The molecule has 0 unspecified atom stereocenters. The van der Waals surface area contributed by atoms with E-state index in [1.54, 1.807) is 30.0 Å². The summed E-state index contributed by atoms with van der Waals surface area (Å²) in [5, 5.41) is 0.812. The molecule has 22 heavy (non-hydrogen) atoms. The Morgan fingerprint density at radius 3 is 2.64 bits per heavy atom. The molecule has 7 heteroatoms. The van der Waals surface area contributed by atoms with E-state index in [1.165, 1.54) is 0 Å². The van der Waals surface area contributed by atoms with Crippen molar-refractivity contribution in [3.63, 3.8) is 0 Å². The van der Waals surface area contributed by atoms with Crippen molar-refractivity contribution in [3.8, 4) is 0 Å². The number of H-pyrrole nitrogens is 1. The summed E-state index contributed by atoms with van der Waals surface area (Å²) >= 11 is 11.9. The summed E-state index contributed by atoms with van der Waals surface area (Å²) in [7, 11) is 0. The molecular weight excluding hydrogens is 325 g/mol. The Morgan fingerprint density at radius 2 is 1.95 bits per heavy atom. The largest absolute Gasteiger partial charge is 0.334 e. The minimum Gasteiger partial charge on any atom is -0.334 e. The molecule has 1 aromatic carbocycles. The molecule has 1 N–H and O–H groups in total. The van der Waals surface area contributed by atoms with Crippen LogP contribution in [0.5, 0.6) is 0 Å². The molecule has 0 atom stereocenters. The van der Waals surface area contributed by atoms with E-state index >= 15 is 0 Å². The fraction of sp³-hybridized carbons (Fsp3) is 0.267. The molecule has 3 rings (SSSR count). The fourth-order valence-electron chi connectivity index (χ4n) is 2.58. The smallest absolute Gasteiger partial charge is 0.256 e. The summed E-state index contributed by atoms with van der Waals surface area (Å²) in [4.78, 5) is 33.2. The number of aromatic amines is 1. The number of fused-ring (bicyclic) bond motifs is 1. The number of nitrogens with one attached hydrogen (secondary N) is 1. The Morgan fingerprint density at radius 1 is 1.27 bits per heavy atom. The van der Waals surface area contributed by atoms with Crippen LogP contribution in [0.2, 0.25) is 10.0 Å². The van der Waals surface area contributed by atoms with E-state index in [9.17, 15) is 9.59 Å². The second-order valence-corrected chi connectivity index (χ2v) is 6.08. The average Bonchev–Trinajstić information content (AvgIpc) is 2.45. The predicted molar refractivity (Wildman–Crippen MR) is 84.5 cm³/mol. The minimum absolute atomic E-state index is 0.191. The maximum atomic E-state index is 12.6. The second kappa shape index (κ2) is 5.74. The van der Waals surface area contributed by atoms with E-state index in [4.69, 9.17) is 23.2 Å². The number of hydrogen-bond acceptors (Lipinski definition) is 3. The van der Waals surface area contributed by atoms with E-state index in [-0.39, 0.29) is 18.0 Å². The van der Waals surface area contributed by atoms with Crippen LogP contribution >= 0.6 is 23.2 Å². The number of nitrogens with zero attached hydrogens (tertiary/aromatic N) is 2. The Bertz CT molecular complexity index is 797. The molecule has 0 saturated carbocycles. The second-order valence-electron chi connectivity index (χ2n) is 5.21. The zero-order chi connectivity index (χ0) is 15.9. The lowest BCUT2D eigenvalue weighted by atomic mass is 10.1. The van der Waals surface area contributed by atoms with Gasteiger partial charge < -0.3 is 9.88 Å². The molecule has 0 bridgehead atoms. The van der Waals surface area contributed by atoms with Gasteiger partial charge in [-0.25, -0.2) is 4.98 Å². The molecule has 1 aliphatic rings. The van der Waals surface area contributed by atoms with Crippen molar-refractivity contribution in [2.75, 3.05) is 6.54 Å². The van der Waals surface area contributed by atoms with Gasteiger partial charge in [-0.2, -0.15) is 0 Å². The van der Waals surface area contributed by atoms with Gasteiger partial charge in [-0.1, -0.05) is 23.2 Å². The van der Waals surface area contributed by atoms with Crippen molar-refractivity contribution in [1.82, 2.24) is 14.9 Å². The molecule has 0 aliphatic carbocycles. The van der Waals surface area contributed by atoms with Gasteiger partial charge in [-0.3, -0.25) is 9.59 Å². The van der Waals surface area contributed by atoms with Gasteiger partial charge in [0.2, 0.25) is 0 Å². The maximum Gasteiger partial charge on any atom is 0.256 e. The van der Waals surface area contributed by atoms with Crippen molar-refractivity contribution in [3.05, 3.63) is 61.2 Å². The number of aryl methyl sites for hydroxylation is 1. The summed E-state index contributed by atoms with van der Waals surface area (Å²) in [5.41, 5.74) is 1.52. The summed E-state index contributed by atoms with van der Waals surface area (Å²) in [6.45, 7) is 2.49. The summed E-state index contributed by atoms with van der Waals surface area (Å²) in [6, 6.07) is 4.72. The van der Waals surface area contributed by atoms with Gasteiger partial charge in [0, 0.05) is 28.6 Å². The van der Waals surface area contributed by atoms with Crippen LogP contribution in [0.1, 0.15) is 27.4 Å². The summed E-state index contributed by atoms with van der Waals surface area (Å²) in [5.74, 6) is 0.389. The number of carbonyl (C=O) groups is 1. The molecule has 2 heterocycles. The fourth-order valence-corrected chi connectivity index (χ4v) is 3.11. The van der Waals surface area contributed by atoms with Crippen LogP contribution in [0.4, 0.5) is 0 Å². The van der Waals surface area contributed by atoms with Gasteiger partial charge in [0.1, 0.15) is 5.82 Å². The topological polar surface area (TPSA) is 66.1 Å². The highest BCUT2D eigenvalue weighted by Gasteiger charge is 2.25. The monoisotopic (exact) mass is 337 g/mol. The first-order valence-corrected chi connectivity index (χ1v) is 7.53. The minimum atomic E-state index is -0.199. The number of rotatable bonds is 1. The first-order chi connectivity index (χ1) is 10.4. The van der Waals surface area contributed by atoms with E-state index in [0.717, 1.165) is 5.69 Å². The molecule has 1 aliphatic heterocycles. The highest BCUT2D eigenvalue weighted by Crippen LogP contribution is 2.22. The molecular formula is C15H13Cl2N3O2. The molecule has 5 nitrogen and oxygen atoms in total. The zero-order valence-corrected chi connectivity index (χ0v) is 13.3. The van der Waals surface area contributed by atoms with Crippen molar-refractivity contribution in [2.24, 2.45) is 0 Å². The van der Waals surface area contributed by atoms with Gasteiger partial charge in [0.05, 0.1) is 17.8 Å². The molecule has 2 aromatic rings. The van der Waals surface area contributed by atoms with Crippen LogP contribution in [0.25, 0.3) is 0 Å². The first kappa shape index (κ1) is 15.1. The van der Waals surface area contributed by atoms with Gasteiger partial charge in [-0.05, 0) is 25.1 Å². The van der Waals surface area contributed by atoms with Gasteiger partial charge in [0.25, 0.3) is 11.5 Å². The summed E-state index contributed by atoms with van der Waals surface area (Å²) < 4.78 is 0. The van der Waals surface area contributed by atoms with Gasteiger partial charge >= 0.3 is 0 Å². The van der Waals surface area contributed by atoms with Gasteiger partial charge in [0.15, 0.2) is 0 Å². The van der Waals surface area contributed by atoms with Crippen molar-refractivity contribution in [2.45, 2.75) is 19.9 Å². The third-order valence-electron chi connectivity index (χ3n) is 3.58. The van der Waals surface area contributed by atoms with Crippen molar-refractivity contribution < 1.29 is 4.79 Å². The normalized spacial score (nSPS) is 13.9. The van der Waals surface area contributed by atoms with Gasteiger partial charge in [-0.15, -0.1) is 0 Å². The SMILES string of the molecule is Cc1nc2c(c(=O)[nH]1)CN(C(=O)c1cc(Cl)cc(Cl)c1)CC2. The summed E-state index contributed by atoms with van der Waals surface area (Å²) in [6.07, 6.45) is 0.556. The zero-order valence-electron chi connectivity index (χ0n) is 11.8. The van der Waals surface area contributed by atoms with Crippen LogP contribution in [0.15, 0.2) is 23.0 Å². The maximum absolute atomic E-state index is 12.6. The molecule has 1 amide bonds. The number of carbonyl (C=O) groups excluding carboxylic acids is 1. The Hall–Kier alpha value is -1.85. The van der Waals surface area contributed by atoms with Crippen LogP contribution in [-0.4, -0.2) is 27.3 Å². The molecule has 0 spiro atoms. The van der Waals surface area contributed by atoms with E-state index in [2.05, 4.69) is 9.97 Å². The Balaban J connectivity index is 1.91. The van der Waals surface area contributed by atoms with E-state index < -0.39 is 0 Å². The number of hydrogen-bond donors (Lipinski definition) is 1. The Labute approximate surface area is 136 Å². The van der Waals surface area contributed by atoms with Crippen LogP contribution < -0.4 is 5.56 Å². The third-order valence-corrected chi connectivity index (χ3v) is 4.02.